The Morgan fingerprint density at radius 2 is 2.25 bits per heavy atom. The SMILES string of the molecule is CCCn1c(Sc2cccc(F)c2C(C)=O)n[nH]c1=O. The van der Waals surface area contributed by atoms with E-state index >= 15 is 0 Å². The van der Waals surface area contributed by atoms with Gasteiger partial charge in [0.2, 0.25) is 0 Å². The van der Waals surface area contributed by atoms with Crippen molar-refractivity contribution in [2.45, 2.75) is 36.9 Å². The molecule has 106 valence electrons. The molecule has 1 heterocycles. The Kier molecular flexibility index (Phi) is 4.39. The number of hydrogen-bond acceptors (Lipinski definition) is 4. The van der Waals surface area contributed by atoms with Crippen molar-refractivity contribution < 1.29 is 9.18 Å². The van der Waals surface area contributed by atoms with Gasteiger partial charge in [0, 0.05) is 11.4 Å². The number of carbonyl (C=O) groups excluding carboxylic acids is 1. The van der Waals surface area contributed by atoms with Crippen LogP contribution in [-0.4, -0.2) is 20.5 Å². The van der Waals surface area contributed by atoms with Crippen LogP contribution in [-0.2, 0) is 6.54 Å². The van der Waals surface area contributed by atoms with Gasteiger partial charge < -0.3 is 0 Å². The van der Waals surface area contributed by atoms with Gasteiger partial charge in [-0.1, -0.05) is 13.0 Å². The Hall–Kier alpha value is -1.89. The first kappa shape index (κ1) is 14.5. The molecule has 0 radical (unpaired) electrons. The highest BCUT2D eigenvalue weighted by atomic mass is 32.2. The molecule has 1 aromatic carbocycles. The molecule has 5 nitrogen and oxygen atoms in total. The number of benzene rings is 1. The number of aromatic nitrogens is 3. The minimum Gasteiger partial charge on any atom is -0.294 e. The number of H-pyrrole nitrogens is 1. The fraction of sp³-hybridized carbons (Fsp3) is 0.308. The molecule has 0 aliphatic carbocycles. The van der Waals surface area contributed by atoms with Crippen LogP contribution in [0.4, 0.5) is 4.39 Å². The zero-order valence-electron chi connectivity index (χ0n) is 11.1. The number of halogens is 1. The second kappa shape index (κ2) is 6.04. The number of carbonyl (C=O) groups is 1. The highest BCUT2D eigenvalue weighted by Gasteiger charge is 2.17. The molecule has 0 atom stereocenters. The quantitative estimate of drug-likeness (QED) is 0.860. The molecule has 0 saturated carbocycles. The normalized spacial score (nSPS) is 10.8. The summed E-state index contributed by atoms with van der Waals surface area (Å²) in [6.07, 6.45) is 0.774. The summed E-state index contributed by atoms with van der Waals surface area (Å²) in [7, 11) is 0. The third kappa shape index (κ3) is 2.82. The topological polar surface area (TPSA) is 67.8 Å². The molecule has 0 aliphatic rings. The molecule has 0 saturated heterocycles. The Balaban J connectivity index is 2.43. The van der Waals surface area contributed by atoms with Gasteiger partial charge >= 0.3 is 5.69 Å². The summed E-state index contributed by atoms with van der Waals surface area (Å²) >= 11 is 1.10. The standard InChI is InChI=1S/C13H14FN3O2S/c1-3-7-17-12(19)15-16-13(17)20-10-6-4-5-9(14)11(10)8(2)18/h4-6H,3,7H2,1-2H3,(H,15,19). The largest absolute Gasteiger partial charge is 0.343 e. The summed E-state index contributed by atoms with van der Waals surface area (Å²) < 4.78 is 15.2. The number of aromatic amines is 1. The van der Waals surface area contributed by atoms with Crippen molar-refractivity contribution in [2.75, 3.05) is 0 Å². The van der Waals surface area contributed by atoms with E-state index in [-0.39, 0.29) is 17.0 Å². The third-order valence-electron chi connectivity index (χ3n) is 2.70. The molecule has 0 aliphatic heterocycles. The summed E-state index contributed by atoms with van der Waals surface area (Å²) in [6, 6.07) is 4.41. The molecule has 20 heavy (non-hydrogen) atoms. The van der Waals surface area contributed by atoms with E-state index in [0.717, 1.165) is 18.2 Å². The van der Waals surface area contributed by atoms with E-state index in [9.17, 15) is 14.0 Å². The van der Waals surface area contributed by atoms with E-state index in [0.29, 0.717) is 16.6 Å². The summed E-state index contributed by atoms with van der Waals surface area (Å²) in [6.45, 7) is 3.77. The maximum atomic E-state index is 13.7. The molecule has 0 bridgehead atoms. The number of nitrogens with one attached hydrogen (secondary N) is 1. The monoisotopic (exact) mass is 295 g/mol. The number of rotatable bonds is 5. The number of Topliss-reactive ketones (excluding diaryl/α,β-unsaturated/α-hetero) is 1. The van der Waals surface area contributed by atoms with Crippen LogP contribution in [0.3, 0.4) is 0 Å². The fourth-order valence-electron chi connectivity index (χ4n) is 1.83. The van der Waals surface area contributed by atoms with Crippen LogP contribution in [0.15, 0.2) is 33.0 Å². The molecule has 0 amide bonds. The average molecular weight is 295 g/mol. The van der Waals surface area contributed by atoms with Crippen LogP contribution >= 0.6 is 11.8 Å². The van der Waals surface area contributed by atoms with Crippen LogP contribution in [0.2, 0.25) is 0 Å². The average Bonchev–Trinajstić information content (AvgIpc) is 2.72. The highest BCUT2D eigenvalue weighted by Crippen LogP contribution is 2.30. The van der Waals surface area contributed by atoms with Crippen molar-refractivity contribution in [2.24, 2.45) is 0 Å². The lowest BCUT2D eigenvalue weighted by Gasteiger charge is -2.07. The summed E-state index contributed by atoms with van der Waals surface area (Å²) in [4.78, 5) is 23.6. The van der Waals surface area contributed by atoms with Gasteiger partial charge in [0.15, 0.2) is 10.9 Å². The van der Waals surface area contributed by atoms with Gasteiger partial charge in [0.1, 0.15) is 5.82 Å². The Labute approximate surface area is 119 Å². The molecular formula is C13H14FN3O2S. The van der Waals surface area contributed by atoms with E-state index < -0.39 is 5.82 Å². The third-order valence-corrected chi connectivity index (χ3v) is 3.75. The summed E-state index contributed by atoms with van der Waals surface area (Å²) in [5, 5.41) is 6.70. The predicted octanol–water partition coefficient (Wildman–Crippen LogP) is 2.47. The van der Waals surface area contributed by atoms with Crippen LogP contribution in [0.25, 0.3) is 0 Å². The van der Waals surface area contributed by atoms with Gasteiger partial charge in [-0.2, -0.15) is 0 Å². The lowest BCUT2D eigenvalue weighted by molar-refractivity contribution is 0.101. The van der Waals surface area contributed by atoms with E-state index in [1.165, 1.54) is 23.6 Å². The second-order valence-electron chi connectivity index (χ2n) is 4.23. The zero-order chi connectivity index (χ0) is 14.7. The molecule has 0 unspecified atom stereocenters. The maximum Gasteiger partial charge on any atom is 0.343 e. The molecular weight excluding hydrogens is 281 g/mol. The van der Waals surface area contributed by atoms with Crippen LogP contribution in [0, 0.1) is 5.82 Å². The Morgan fingerprint density at radius 3 is 2.90 bits per heavy atom. The van der Waals surface area contributed by atoms with Crippen LogP contribution in [0.1, 0.15) is 30.6 Å². The molecule has 1 aromatic heterocycles. The molecule has 0 spiro atoms. The smallest absolute Gasteiger partial charge is 0.294 e. The number of hydrogen-bond donors (Lipinski definition) is 1. The minimum absolute atomic E-state index is 0.0241. The van der Waals surface area contributed by atoms with Gasteiger partial charge in [-0.3, -0.25) is 9.36 Å². The lowest BCUT2D eigenvalue weighted by Crippen LogP contribution is -2.17. The minimum atomic E-state index is -0.567. The fourth-order valence-corrected chi connectivity index (χ4v) is 2.89. The summed E-state index contributed by atoms with van der Waals surface area (Å²) in [5.74, 6) is -0.923. The van der Waals surface area contributed by atoms with E-state index in [2.05, 4.69) is 10.2 Å². The predicted molar refractivity (Wildman–Crippen MR) is 73.7 cm³/mol. The Bertz CT molecular complexity index is 693. The van der Waals surface area contributed by atoms with Crippen LogP contribution in [0.5, 0.6) is 0 Å². The molecule has 1 N–H and O–H groups in total. The van der Waals surface area contributed by atoms with Crippen molar-refractivity contribution in [3.8, 4) is 0 Å². The van der Waals surface area contributed by atoms with Crippen LogP contribution < -0.4 is 5.69 Å². The first-order valence-electron chi connectivity index (χ1n) is 6.17. The number of ketones is 1. The molecule has 2 rings (SSSR count). The van der Waals surface area contributed by atoms with Gasteiger partial charge in [-0.25, -0.2) is 14.3 Å². The second-order valence-corrected chi connectivity index (χ2v) is 5.24. The zero-order valence-corrected chi connectivity index (χ0v) is 12.0. The maximum absolute atomic E-state index is 13.7. The van der Waals surface area contributed by atoms with Gasteiger partial charge in [0.05, 0.1) is 5.56 Å². The first-order chi connectivity index (χ1) is 9.54. The first-order valence-corrected chi connectivity index (χ1v) is 6.98. The van der Waals surface area contributed by atoms with E-state index in [1.54, 1.807) is 6.07 Å². The summed E-state index contributed by atoms with van der Waals surface area (Å²) in [5.41, 5.74) is -0.286. The van der Waals surface area contributed by atoms with Crippen molar-refractivity contribution in [3.05, 3.63) is 40.1 Å². The molecule has 2 aromatic rings. The lowest BCUT2D eigenvalue weighted by atomic mass is 10.1. The van der Waals surface area contributed by atoms with Crippen molar-refractivity contribution in [1.29, 1.82) is 0 Å². The van der Waals surface area contributed by atoms with Crippen molar-refractivity contribution in [1.82, 2.24) is 14.8 Å². The van der Waals surface area contributed by atoms with Gasteiger partial charge in [-0.05, 0) is 37.2 Å². The van der Waals surface area contributed by atoms with E-state index in [4.69, 9.17) is 0 Å². The Morgan fingerprint density at radius 1 is 1.50 bits per heavy atom. The van der Waals surface area contributed by atoms with E-state index in [1.807, 2.05) is 6.92 Å². The van der Waals surface area contributed by atoms with Gasteiger partial charge in [0.25, 0.3) is 0 Å². The van der Waals surface area contributed by atoms with Crippen molar-refractivity contribution >= 4 is 17.5 Å². The number of nitrogens with zero attached hydrogens (tertiary/aromatic N) is 2. The highest BCUT2D eigenvalue weighted by molar-refractivity contribution is 7.99. The molecule has 0 fully saturated rings. The van der Waals surface area contributed by atoms with Gasteiger partial charge in [-0.15, -0.1) is 5.10 Å². The molecule has 7 heteroatoms. The van der Waals surface area contributed by atoms with Crippen molar-refractivity contribution in [3.63, 3.8) is 0 Å².